The van der Waals surface area contributed by atoms with E-state index in [1.165, 1.54) is 18.4 Å². The van der Waals surface area contributed by atoms with Crippen LogP contribution < -0.4 is 5.32 Å². The second-order valence-corrected chi connectivity index (χ2v) is 5.53. The van der Waals surface area contributed by atoms with Crippen LogP contribution in [0.25, 0.3) is 0 Å². The van der Waals surface area contributed by atoms with Crippen LogP contribution in [0.2, 0.25) is 5.02 Å². The van der Waals surface area contributed by atoms with Crippen molar-refractivity contribution in [3.05, 3.63) is 34.9 Å². The van der Waals surface area contributed by atoms with Crippen LogP contribution in [0.1, 0.15) is 38.2 Å². The molecular weight excluding hydrogens is 246 g/mol. The Kier molecular flexibility index (Phi) is 5.04. The number of hydrogen-bond donors (Lipinski definition) is 1. The van der Waals surface area contributed by atoms with Crippen molar-refractivity contribution in [3.63, 3.8) is 0 Å². The third-order valence-corrected chi connectivity index (χ3v) is 3.88. The normalized spacial score (nSPS) is 24.6. The molecule has 0 radical (unpaired) electrons. The summed E-state index contributed by atoms with van der Waals surface area (Å²) in [5.41, 5.74) is 1.41. The zero-order valence-corrected chi connectivity index (χ0v) is 11.9. The Morgan fingerprint density at radius 2 is 2.00 bits per heavy atom. The molecule has 0 aliphatic heterocycles. The summed E-state index contributed by atoms with van der Waals surface area (Å²) in [6, 6.07) is 8.90. The van der Waals surface area contributed by atoms with Crippen molar-refractivity contribution < 1.29 is 4.74 Å². The largest absolute Gasteiger partial charge is 0.377 e. The highest BCUT2D eigenvalue weighted by atomic mass is 35.5. The molecule has 100 valence electrons. The summed E-state index contributed by atoms with van der Waals surface area (Å²) in [6.07, 6.45) is 2.76. The molecule has 1 N–H and O–H groups in total. The zero-order valence-electron chi connectivity index (χ0n) is 11.2. The Morgan fingerprint density at radius 3 is 2.61 bits per heavy atom. The summed E-state index contributed by atoms with van der Waals surface area (Å²) in [4.78, 5) is 0. The lowest BCUT2D eigenvalue weighted by molar-refractivity contribution is 0.0702. The third kappa shape index (κ3) is 3.71. The Hall–Kier alpha value is -0.570. The van der Waals surface area contributed by atoms with Gasteiger partial charge in [0.2, 0.25) is 0 Å². The van der Waals surface area contributed by atoms with E-state index in [2.05, 4.69) is 24.4 Å². The number of ether oxygens (including phenoxy) is 1. The molecule has 1 atom stereocenters. The van der Waals surface area contributed by atoms with Gasteiger partial charge in [0, 0.05) is 24.2 Å². The molecule has 0 heterocycles. The fourth-order valence-corrected chi connectivity index (χ4v) is 2.59. The lowest BCUT2D eigenvalue weighted by Crippen LogP contribution is -2.43. The molecule has 1 aromatic carbocycles. The first-order valence-electron chi connectivity index (χ1n) is 6.79. The van der Waals surface area contributed by atoms with Crippen LogP contribution in [0.5, 0.6) is 0 Å². The van der Waals surface area contributed by atoms with Gasteiger partial charge in [-0.1, -0.05) is 23.7 Å². The Balaban J connectivity index is 1.69. The summed E-state index contributed by atoms with van der Waals surface area (Å²) in [5.74, 6) is 0.696. The minimum absolute atomic E-state index is 0.310. The predicted molar refractivity (Wildman–Crippen MR) is 76.3 cm³/mol. The average molecular weight is 268 g/mol. The van der Waals surface area contributed by atoms with E-state index >= 15 is 0 Å². The van der Waals surface area contributed by atoms with Crippen LogP contribution >= 0.6 is 11.6 Å². The van der Waals surface area contributed by atoms with Crippen LogP contribution in [0.15, 0.2) is 24.3 Å². The number of halogens is 1. The number of rotatable bonds is 6. The molecule has 1 aliphatic rings. The van der Waals surface area contributed by atoms with Gasteiger partial charge in [-0.15, -0.1) is 0 Å². The van der Waals surface area contributed by atoms with Gasteiger partial charge >= 0.3 is 0 Å². The molecule has 1 saturated carbocycles. The van der Waals surface area contributed by atoms with E-state index in [4.69, 9.17) is 16.3 Å². The van der Waals surface area contributed by atoms with Crippen LogP contribution in [0.4, 0.5) is 0 Å². The van der Waals surface area contributed by atoms with Crippen molar-refractivity contribution >= 4 is 11.6 Å². The van der Waals surface area contributed by atoms with Crippen LogP contribution in [0, 0.1) is 0 Å². The van der Waals surface area contributed by atoms with Gasteiger partial charge in [-0.25, -0.2) is 0 Å². The second kappa shape index (κ2) is 6.55. The van der Waals surface area contributed by atoms with Crippen molar-refractivity contribution in [2.24, 2.45) is 0 Å². The standard InChI is InChI=1S/C15H22ClNO/c1-3-18-11(2)10-17-15-8-13(9-15)12-4-6-14(16)7-5-12/h4-7,11,13,15,17H,3,8-10H2,1-2H3. The van der Waals surface area contributed by atoms with Gasteiger partial charge in [-0.3, -0.25) is 0 Å². The van der Waals surface area contributed by atoms with Gasteiger partial charge in [0.1, 0.15) is 0 Å². The molecule has 18 heavy (non-hydrogen) atoms. The number of nitrogens with one attached hydrogen (secondary N) is 1. The minimum atomic E-state index is 0.310. The Labute approximate surface area is 115 Å². The molecular formula is C15H22ClNO. The first-order chi connectivity index (χ1) is 8.69. The fourth-order valence-electron chi connectivity index (χ4n) is 2.47. The molecule has 0 bridgehead atoms. The number of hydrogen-bond acceptors (Lipinski definition) is 2. The van der Waals surface area contributed by atoms with Gasteiger partial charge in [0.15, 0.2) is 0 Å². The van der Waals surface area contributed by atoms with Crippen molar-refractivity contribution in [2.75, 3.05) is 13.2 Å². The van der Waals surface area contributed by atoms with E-state index in [-0.39, 0.29) is 0 Å². The summed E-state index contributed by atoms with van der Waals surface area (Å²) in [5, 5.41) is 4.38. The van der Waals surface area contributed by atoms with Crippen molar-refractivity contribution in [1.29, 1.82) is 0 Å². The molecule has 1 fully saturated rings. The molecule has 0 spiro atoms. The van der Waals surface area contributed by atoms with Crippen LogP contribution in [-0.2, 0) is 4.74 Å². The van der Waals surface area contributed by atoms with E-state index in [1.807, 2.05) is 19.1 Å². The van der Waals surface area contributed by atoms with Crippen molar-refractivity contribution in [3.8, 4) is 0 Å². The van der Waals surface area contributed by atoms with Gasteiger partial charge in [0.05, 0.1) is 6.10 Å². The minimum Gasteiger partial charge on any atom is -0.377 e. The zero-order chi connectivity index (χ0) is 13.0. The average Bonchev–Trinajstić information content (AvgIpc) is 2.29. The first-order valence-corrected chi connectivity index (χ1v) is 7.17. The molecule has 1 aliphatic carbocycles. The highest BCUT2D eigenvalue weighted by Crippen LogP contribution is 2.37. The fraction of sp³-hybridized carbons (Fsp3) is 0.600. The smallest absolute Gasteiger partial charge is 0.0671 e. The molecule has 1 aromatic rings. The second-order valence-electron chi connectivity index (χ2n) is 5.09. The molecule has 0 aromatic heterocycles. The highest BCUT2D eigenvalue weighted by molar-refractivity contribution is 6.30. The van der Waals surface area contributed by atoms with Crippen LogP contribution in [-0.4, -0.2) is 25.3 Å². The topological polar surface area (TPSA) is 21.3 Å². The van der Waals surface area contributed by atoms with Crippen molar-refractivity contribution in [2.45, 2.75) is 44.8 Å². The van der Waals surface area contributed by atoms with E-state index in [1.54, 1.807) is 0 Å². The highest BCUT2D eigenvalue weighted by Gasteiger charge is 2.29. The molecule has 1 unspecified atom stereocenters. The van der Waals surface area contributed by atoms with Gasteiger partial charge in [0.25, 0.3) is 0 Å². The lowest BCUT2D eigenvalue weighted by atomic mass is 9.76. The Morgan fingerprint density at radius 1 is 1.33 bits per heavy atom. The first kappa shape index (κ1) is 13.9. The van der Waals surface area contributed by atoms with Gasteiger partial charge < -0.3 is 10.1 Å². The number of benzene rings is 1. The maximum atomic E-state index is 5.89. The molecule has 0 amide bonds. The van der Waals surface area contributed by atoms with Gasteiger partial charge in [-0.05, 0) is 50.3 Å². The molecule has 2 nitrogen and oxygen atoms in total. The van der Waals surface area contributed by atoms with Crippen LogP contribution in [0.3, 0.4) is 0 Å². The summed E-state index contributed by atoms with van der Waals surface area (Å²) < 4.78 is 5.51. The van der Waals surface area contributed by atoms with Crippen molar-refractivity contribution in [1.82, 2.24) is 5.32 Å². The molecule has 0 saturated heterocycles. The van der Waals surface area contributed by atoms with E-state index < -0.39 is 0 Å². The quantitative estimate of drug-likeness (QED) is 0.850. The summed E-state index contributed by atoms with van der Waals surface area (Å²) in [6.45, 7) is 5.90. The maximum absolute atomic E-state index is 5.89. The summed E-state index contributed by atoms with van der Waals surface area (Å²) in [7, 11) is 0. The summed E-state index contributed by atoms with van der Waals surface area (Å²) >= 11 is 5.89. The maximum Gasteiger partial charge on any atom is 0.0671 e. The third-order valence-electron chi connectivity index (χ3n) is 3.62. The lowest BCUT2D eigenvalue weighted by Gasteiger charge is -2.37. The Bertz CT molecular complexity index is 359. The predicted octanol–water partition coefficient (Wildman–Crippen LogP) is 3.60. The van der Waals surface area contributed by atoms with E-state index in [0.717, 1.165) is 18.2 Å². The van der Waals surface area contributed by atoms with Gasteiger partial charge in [-0.2, -0.15) is 0 Å². The SMILES string of the molecule is CCOC(C)CNC1CC(c2ccc(Cl)cc2)C1. The van der Waals surface area contributed by atoms with E-state index in [9.17, 15) is 0 Å². The molecule has 3 heteroatoms. The van der Waals surface area contributed by atoms with E-state index in [0.29, 0.717) is 18.1 Å². The molecule has 2 rings (SSSR count). The monoisotopic (exact) mass is 267 g/mol.